The molecule has 0 saturated carbocycles. The Balaban J connectivity index is 1.90. The van der Waals surface area contributed by atoms with E-state index >= 15 is 0 Å². The van der Waals surface area contributed by atoms with Crippen LogP contribution in [0.15, 0.2) is 30.3 Å². The monoisotopic (exact) mass is 221 g/mol. The second kappa shape index (κ2) is 4.76. The maximum absolute atomic E-state index is 11.2. The Morgan fingerprint density at radius 2 is 2.06 bits per heavy atom. The third kappa shape index (κ3) is 2.58. The van der Waals surface area contributed by atoms with Gasteiger partial charge in [0.25, 0.3) is 5.91 Å². The molecule has 5 nitrogen and oxygen atoms in total. The summed E-state index contributed by atoms with van der Waals surface area (Å²) in [5.74, 6) is -0.909. The minimum absolute atomic E-state index is 0.232. The van der Waals surface area contributed by atoms with E-state index in [1.165, 1.54) is 0 Å². The van der Waals surface area contributed by atoms with Crippen molar-refractivity contribution in [2.75, 3.05) is 6.61 Å². The zero-order valence-corrected chi connectivity index (χ0v) is 8.51. The van der Waals surface area contributed by atoms with Crippen LogP contribution in [-0.2, 0) is 25.7 Å². The van der Waals surface area contributed by atoms with E-state index in [4.69, 9.17) is 4.74 Å². The Morgan fingerprint density at radius 1 is 1.31 bits per heavy atom. The van der Waals surface area contributed by atoms with Gasteiger partial charge in [-0.15, -0.1) is 0 Å². The molecule has 16 heavy (non-hydrogen) atoms. The third-order valence-corrected chi connectivity index (χ3v) is 2.11. The number of carbonyl (C=O) groups is 2. The highest BCUT2D eigenvalue weighted by Gasteiger charge is 2.28. The van der Waals surface area contributed by atoms with Gasteiger partial charge < -0.3 is 14.8 Å². The Kier molecular flexibility index (Phi) is 3.16. The predicted molar refractivity (Wildman–Crippen MR) is 54.1 cm³/mol. The summed E-state index contributed by atoms with van der Waals surface area (Å²) in [6.45, 7) is 0.0188. The molecule has 0 aromatic heterocycles. The summed E-state index contributed by atoms with van der Waals surface area (Å²) in [5.41, 5.74) is 0.926. The van der Waals surface area contributed by atoms with Crippen molar-refractivity contribution in [1.29, 1.82) is 0 Å². The Bertz CT molecular complexity index is 390. The van der Waals surface area contributed by atoms with Gasteiger partial charge in [-0.1, -0.05) is 30.3 Å². The first-order valence-corrected chi connectivity index (χ1v) is 4.87. The smallest absolute Gasteiger partial charge is 0.357 e. The van der Waals surface area contributed by atoms with E-state index in [0.29, 0.717) is 0 Å². The maximum Gasteiger partial charge on any atom is 0.357 e. The number of nitrogens with one attached hydrogen (secondary N) is 1. The molecule has 1 saturated heterocycles. The van der Waals surface area contributed by atoms with Gasteiger partial charge in [0.05, 0.1) is 6.61 Å². The second-order valence-electron chi connectivity index (χ2n) is 3.35. The van der Waals surface area contributed by atoms with Crippen LogP contribution in [0.4, 0.5) is 0 Å². The average Bonchev–Trinajstić information content (AvgIpc) is 2.32. The first-order valence-electron chi connectivity index (χ1n) is 4.87. The van der Waals surface area contributed by atoms with Crippen LogP contribution < -0.4 is 5.32 Å². The van der Waals surface area contributed by atoms with Crippen LogP contribution in [0, 0.1) is 0 Å². The molecule has 84 valence electrons. The molecule has 1 N–H and O–H groups in total. The fraction of sp³-hybridized carbons (Fsp3) is 0.273. The van der Waals surface area contributed by atoms with E-state index in [2.05, 4.69) is 10.1 Å². The number of amides is 1. The lowest BCUT2D eigenvalue weighted by atomic mass is 10.2. The predicted octanol–water partition coefficient (Wildman–Crippen LogP) is 0.202. The van der Waals surface area contributed by atoms with E-state index in [1.54, 1.807) is 0 Å². The Morgan fingerprint density at radius 3 is 2.81 bits per heavy atom. The van der Waals surface area contributed by atoms with Crippen molar-refractivity contribution in [3.8, 4) is 0 Å². The normalized spacial score (nSPS) is 20.1. The van der Waals surface area contributed by atoms with Gasteiger partial charge in [0.2, 0.25) is 6.23 Å². The molecule has 2 rings (SSSR count). The lowest BCUT2D eigenvalue weighted by Gasteiger charge is -2.22. The van der Waals surface area contributed by atoms with Crippen molar-refractivity contribution in [2.24, 2.45) is 0 Å². The van der Waals surface area contributed by atoms with Crippen LogP contribution in [-0.4, -0.2) is 24.7 Å². The summed E-state index contributed by atoms with van der Waals surface area (Å²) < 4.78 is 9.86. The van der Waals surface area contributed by atoms with Crippen molar-refractivity contribution >= 4 is 11.9 Å². The molecule has 1 atom stereocenters. The number of morpholine rings is 1. The van der Waals surface area contributed by atoms with Crippen molar-refractivity contribution in [3.63, 3.8) is 0 Å². The summed E-state index contributed by atoms with van der Waals surface area (Å²) in [5, 5.41) is 2.40. The quantitative estimate of drug-likeness (QED) is 0.741. The van der Waals surface area contributed by atoms with Gasteiger partial charge >= 0.3 is 5.97 Å². The van der Waals surface area contributed by atoms with E-state index < -0.39 is 12.2 Å². The SMILES string of the molecule is O=C1COC(=O)C(OCc2ccccc2)N1. The van der Waals surface area contributed by atoms with E-state index in [-0.39, 0.29) is 19.1 Å². The van der Waals surface area contributed by atoms with Crippen molar-refractivity contribution in [2.45, 2.75) is 12.8 Å². The largest absolute Gasteiger partial charge is 0.452 e. The zero-order valence-electron chi connectivity index (χ0n) is 8.51. The lowest BCUT2D eigenvalue weighted by molar-refractivity contribution is -0.172. The number of esters is 1. The van der Waals surface area contributed by atoms with Gasteiger partial charge in [-0.05, 0) is 5.56 Å². The van der Waals surface area contributed by atoms with Crippen LogP contribution in [0.2, 0.25) is 0 Å². The minimum atomic E-state index is -0.999. The molecule has 5 heteroatoms. The van der Waals surface area contributed by atoms with Crippen molar-refractivity contribution in [1.82, 2.24) is 5.32 Å². The molecule has 1 aromatic rings. The van der Waals surface area contributed by atoms with Gasteiger partial charge in [0.1, 0.15) is 0 Å². The van der Waals surface area contributed by atoms with Gasteiger partial charge in [-0.3, -0.25) is 4.79 Å². The lowest BCUT2D eigenvalue weighted by Crippen LogP contribution is -2.50. The molecule has 1 heterocycles. The summed E-state index contributed by atoms with van der Waals surface area (Å²) in [7, 11) is 0. The third-order valence-electron chi connectivity index (χ3n) is 2.11. The van der Waals surface area contributed by atoms with Gasteiger partial charge in [-0.25, -0.2) is 4.79 Å². The molecule has 0 aliphatic carbocycles. The Hall–Kier alpha value is -1.88. The number of cyclic esters (lactones) is 1. The topological polar surface area (TPSA) is 64.6 Å². The number of ether oxygens (including phenoxy) is 2. The minimum Gasteiger partial charge on any atom is -0.452 e. The maximum atomic E-state index is 11.2. The molecule has 1 aromatic carbocycles. The number of benzene rings is 1. The summed E-state index contributed by atoms with van der Waals surface area (Å²) in [6, 6.07) is 9.37. The molecular formula is C11H11NO4. The van der Waals surface area contributed by atoms with Gasteiger partial charge in [0, 0.05) is 0 Å². The van der Waals surface area contributed by atoms with Crippen LogP contribution in [0.5, 0.6) is 0 Å². The summed E-state index contributed by atoms with van der Waals surface area (Å²) in [6.07, 6.45) is -0.999. The summed E-state index contributed by atoms with van der Waals surface area (Å²) >= 11 is 0. The molecule has 0 spiro atoms. The molecule has 0 radical (unpaired) electrons. The van der Waals surface area contributed by atoms with Crippen molar-refractivity contribution < 1.29 is 19.1 Å². The first kappa shape index (κ1) is 10.6. The highest BCUT2D eigenvalue weighted by atomic mass is 16.6. The molecule has 1 fully saturated rings. The molecule has 1 aliphatic heterocycles. The number of carbonyl (C=O) groups excluding carboxylic acids is 2. The molecule has 0 bridgehead atoms. The fourth-order valence-corrected chi connectivity index (χ4v) is 1.32. The molecule has 1 unspecified atom stereocenters. The van der Waals surface area contributed by atoms with Gasteiger partial charge in [-0.2, -0.15) is 0 Å². The van der Waals surface area contributed by atoms with Crippen LogP contribution in [0.25, 0.3) is 0 Å². The summed E-state index contributed by atoms with van der Waals surface area (Å²) in [4.78, 5) is 22.2. The Labute approximate surface area is 92.4 Å². The van der Waals surface area contributed by atoms with Gasteiger partial charge in [0.15, 0.2) is 6.61 Å². The van der Waals surface area contributed by atoms with Crippen LogP contribution >= 0.6 is 0 Å². The average molecular weight is 221 g/mol. The van der Waals surface area contributed by atoms with E-state index in [9.17, 15) is 9.59 Å². The standard InChI is InChI=1S/C11H11NO4/c13-9-7-16-11(14)10(12-9)15-6-8-4-2-1-3-5-8/h1-5,10H,6-7H2,(H,12,13). The molecular weight excluding hydrogens is 210 g/mol. The number of rotatable bonds is 3. The fourth-order valence-electron chi connectivity index (χ4n) is 1.32. The first-order chi connectivity index (χ1) is 7.75. The number of hydrogen-bond acceptors (Lipinski definition) is 4. The molecule has 1 aliphatic rings. The van der Waals surface area contributed by atoms with Crippen LogP contribution in [0.3, 0.4) is 0 Å². The number of hydrogen-bond donors (Lipinski definition) is 1. The van der Waals surface area contributed by atoms with E-state index in [1.807, 2.05) is 30.3 Å². The zero-order chi connectivity index (χ0) is 11.4. The van der Waals surface area contributed by atoms with Crippen molar-refractivity contribution in [3.05, 3.63) is 35.9 Å². The van der Waals surface area contributed by atoms with Crippen LogP contribution in [0.1, 0.15) is 5.56 Å². The second-order valence-corrected chi connectivity index (χ2v) is 3.35. The highest BCUT2D eigenvalue weighted by Crippen LogP contribution is 2.05. The molecule has 1 amide bonds. The highest BCUT2D eigenvalue weighted by molar-refractivity contribution is 5.89. The van der Waals surface area contributed by atoms with E-state index in [0.717, 1.165) is 5.56 Å².